The van der Waals surface area contributed by atoms with Crippen LogP contribution in [0, 0.1) is 5.82 Å². The molecule has 1 aromatic carbocycles. The van der Waals surface area contributed by atoms with Gasteiger partial charge in [0, 0.05) is 36.5 Å². The number of rotatable bonds is 6. The maximum absolute atomic E-state index is 13.0. The van der Waals surface area contributed by atoms with Crippen LogP contribution in [0.1, 0.15) is 17.5 Å². The van der Waals surface area contributed by atoms with E-state index in [1.807, 2.05) is 12.1 Å². The van der Waals surface area contributed by atoms with Gasteiger partial charge in [-0.2, -0.15) is 13.2 Å². The fourth-order valence-electron chi connectivity index (χ4n) is 2.32. The zero-order valence-electron chi connectivity index (χ0n) is 15.9. The van der Waals surface area contributed by atoms with E-state index < -0.39 is 12.1 Å². The lowest BCUT2D eigenvalue weighted by Crippen LogP contribution is -2.23. The number of alkyl halides is 3. The molecule has 3 rings (SSSR count). The first kappa shape index (κ1) is 23.5. The molecule has 3 aromatic rings. The molecule has 0 aliphatic carbocycles. The molecule has 0 saturated carbocycles. The number of carbonyl (C=O) groups excluding carboxylic acids is 1. The molecule has 31 heavy (non-hydrogen) atoms. The van der Waals surface area contributed by atoms with Crippen molar-refractivity contribution in [3.05, 3.63) is 71.9 Å². The molecule has 164 valence electrons. The summed E-state index contributed by atoms with van der Waals surface area (Å²) in [7, 11) is 0. The Morgan fingerprint density at radius 1 is 1.10 bits per heavy atom. The molecule has 0 fully saturated rings. The van der Waals surface area contributed by atoms with E-state index in [-0.39, 0.29) is 11.7 Å². The lowest BCUT2D eigenvalue weighted by molar-refractivity contribution is -0.192. The van der Waals surface area contributed by atoms with Crippen molar-refractivity contribution in [2.45, 2.75) is 25.6 Å². The highest BCUT2D eigenvalue weighted by Gasteiger charge is 2.38. The molecule has 11 heteroatoms. The zero-order valence-corrected chi connectivity index (χ0v) is 15.9. The second kappa shape index (κ2) is 10.9. The molecule has 0 aliphatic rings. The first-order chi connectivity index (χ1) is 14.7. The first-order valence-electron chi connectivity index (χ1n) is 8.82. The maximum atomic E-state index is 13.0. The highest BCUT2D eigenvalue weighted by atomic mass is 19.4. The van der Waals surface area contributed by atoms with Gasteiger partial charge in [0.05, 0.1) is 6.20 Å². The van der Waals surface area contributed by atoms with Gasteiger partial charge in [-0.1, -0.05) is 11.2 Å². The SMILES string of the molecule is O=C(CCc1cnoc1-c1ccc(F)cc1)NCc1cccnc1.O=C(O)C(F)(F)F. The molecule has 7 nitrogen and oxygen atoms in total. The molecular weight excluding hydrogens is 422 g/mol. The van der Waals surface area contributed by atoms with E-state index in [1.54, 1.807) is 30.7 Å². The van der Waals surface area contributed by atoms with Gasteiger partial charge in [-0.3, -0.25) is 9.78 Å². The van der Waals surface area contributed by atoms with Crippen molar-refractivity contribution in [2.24, 2.45) is 0 Å². The molecule has 0 bridgehead atoms. The number of halogens is 4. The predicted octanol–water partition coefficient (Wildman–Crippen LogP) is 3.76. The van der Waals surface area contributed by atoms with Crippen LogP contribution < -0.4 is 5.32 Å². The Morgan fingerprint density at radius 3 is 2.35 bits per heavy atom. The Labute approximate surface area is 173 Å². The summed E-state index contributed by atoms with van der Waals surface area (Å²) in [5.74, 6) is -2.57. The second-order valence-electron chi connectivity index (χ2n) is 6.13. The smallest absolute Gasteiger partial charge is 0.475 e. The van der Waals surface area contributed by atoms with E-state index >= 15 is 0 Å². The van der Waals surface area contributed by atoms with Crippen molar-refractivity contribution >= 4 is 11.9 Å². The van der Waals surface area contributed by atoms with E-state index in [9.17, 15) is 22.4 Å². The molecule has 2 N–H and O–H groups in total. The number of nitrogens with one attached hydrogen (secondary N) is 1. The molecule has 0 atom stereocenters. The monoisotopic (exact) mass is 439 g/mol. The van der Waals surface area contributed by atoms with Crippen LogP contribution in [0.2, 0.25) is 0 Å². The van der Waals surface area contributed by atoms with Crippen LogP contribution in [0.25, 0.3) is 11.3 Å². The van der Waals surface area contributed by atoms with Crippen molar-refractivity contribution in [3.8, 4) is 11.3 Å². The summed E-state index contributed by atoms with van der Waals surface area (Å²) in [6.45, 7) is 0.446. The maximum Gasteiger partial charge on any atom is 0.490 e. The molecule has 0 radical (unpaired) electrons. The summed E-state index contributed by atoms with van der Waals surface area (Å²) < 4.78 is 50.0. The molecule has 0 saturated heterocycles. The molecule has 0 aliphatic heterocycles. The fourth-order valence-corrected chi connectivity index (χ4v) is 2.32. The van der Waals surface area contributed by atoms with Gasteiger partial charge in [0.25, 0.3) is 0 Å². The third-order valence-electron chi connectivity index (χ3n) is 3.83. The average Bonchev–Trinajstić information content (AvgIpc) is 3.20. The highest BCUT2D eigenvalue weighted by molar-refractivity contribution is 5.76. The van der Waals surface area contributed by atoms with Gasteiger partial charge in [-0.05, 0) is 42.3 Å². The number of benzene rings is 1. The number of aliphatic carboxylic acids is 1. The van der Waals surface area contributed by atoms with E-state index in [0.29, 0.717) is 25.1 Å². The van der Waals surface area contributed by atoms with Crippen molar-refractivity contribution in [1.29, 1.82) is 0 Å². The van der Waals surface area contributed by atoms with Gasteiger partial charge in [0.1, 0.15) is 5.82 Å². The van der Waals surface area contributed by atoms with Crippen LogP contribution in [-0.4, -0.2) is 33.3 Å². The van der Waals surface area contributed by atoms with Crippen LogP contribution in [0.5, 0.6) is 0 Å². The number of nitrogens with zero attached hydrogens (tertiary/aromatic N) is 2. The van der Waals surface area contributed by atoms with Gasteiger partial charge in [0.15, 0.2) is 5.76 Å². The molecule has 2 aromatic heterocycles. The molecule has 1 amide bonds. The number of amides is 1. The van der Waals surface area contributed by atoms with Crippen molar-refractivity contribution in [3.63, 3.8) is 0 Å². The van der Waals surface area contributed by atoms with Crippen LogP contribution >= 0.6 is 0 Å². The molecular formula is C20H17F4N3O4. The molecule has 0 unspecified atom stereocenters. The van der Waals surface area contributed by atoms with Crippen LogP contribution in [-0.2, 0) is 22.6 Å². The number of aromatic nitrogens is 2. The average molecular weight is 439 g/mol. The number of pyridine rings is 1. The zero-order chi connectivity index (χ0) is 22.9. The lowest BCUT2D eigenvalue weighted by Gasteiger charge is -2.05. The first-order valence-corrected chi connectivity index (χ1v) is 8.82. The predicted molar refractivity (Wildman–Crippen MR) is 100.0 cm³/mol. The highest BCUT2D eigenvalue weighted by Crippen LogP contribution is 2.24. The van der Waals surface area contributed by atoms with Crippen LogP contribution in [0.15, 0.2) is 59.5 Å². The van der Waals surface area contributed by atoms with Crippen LogP contribution in [0.3, 0.4) is 0 Å². The second-order valence-corrected chi connectivity index (χ2v) is 6.13. The Hall–Kier alpha value is -3.76. The van der Waals surface area contributed by atoms with Gasteiger partial charge in [-0.15, -0.1) is 0 Å². The van der Waals surface area contributed by atoms with E-state index in [4.69, 9.17) is 14.4 Å². The van der Waals surface area contributed by atoms with E-state index in [1.165, 1.54) is 12.1 Å². The topological polar surface area (TPSA) is 105 Å². The third-order valence-corrected chi connectivity index (χ3v) is 3.83. The Bertz CT molecular complexity index is 990. The largest absolute Gasteiger partial charge is 0.490 e. The fraction of sp³-hybridized carbons (Fsp3) is 0.200. The van der Waals surface area contributed by atoms with E-state index in [0.717, 1.165) is 16.7 Å². The third kappa shape index (κ3) is 7.88. The number of carboxylic acids is 1. The van der Waals surface area contributed by atoms with Crippen molar-refractivity contribution in [2.75, 3.05) is 0 Å². The van der Waals surface area contributed by atoms with Crippen molar-refractivity contribution < 1.29 is 36.8 Å². The molecule has 2 heterocycles. The lowest BCUT2D eigenvalue weighted by atomic mass is 10.1. The van der Waals surface area contributed by atoms with Crippen LogP contribution in [0.4, 0.5) is 17.6 Å². The Kier molecular flexibility index (Phi) is 8.24. The minimum Gasteiger partial charge on any atom is -0.475 e. The van der Waals surface area contributed by atoms with Gasteiger partial charge in [-0.25, -0.2) is 9.18 Å². The Balaban J connectivity index is 0.000000423. The summed E-state index contributed by atoms with van der Waals surface area (Å²) in [6.07, 6.45) is 0.721. The number of hydrogen-bond acceptors (Lipinski definition) is 5. The summed E-state index contributed by atoms with van der Waals surface area (Å²) in [4.78, 5) is 24.9. The quantitative estimate of drug-likeness (QED) is 0.567. The summed E-state index contributed by atoms with van der Waals surface area (Å²) >= 11 is 0. The number of aryl methyl sites for hydroxylation is 1. The Morgan fingerprint density at radius 2 is 1.77 bits per heavy atom. The molecule has 0 spiro atoms. The van der Waals surface area contributed by atoms with Gasteiger partial charge >= 0.3 is 12.1 Å². The van der Waals surface area contributed by atoms with Crippen molar-refractivity contribution in [1.82, 2.24) is 15.5 Å². The summed E-state index contributed by atoms with van der Waals surface area (Å²) in [5, 5.41) is 13.8. The minimum absolute atomic E-state index is 0.0647. The normalized spacial score (nSPS) is 10.7. The van der Waals surface area contributed by atoms with Gasteiger partial charge < -0.3 is 14.9 Å². The summed E-state index contributed by atoms with van der Waals surface area (Å²) in [6, 6.07) is 9.71. The van der Waals surface area contributed by atoms with E-state index in [2.05, 4.69) is 15.5 Å². The minimum atomic E-state index is -5.08. The van der Waals surface area contributed by atoms with Gasteiger partial charge in [0.2, 0.25) is 5.91 Å². The summed E-state index contributed by atoms with van der Waals surface area (Å²) in [5.41, 5.74) is 2.50. The number of carboxylic acid groups (broad SMARTS) is 1. The number of carbonyl (C=O) groups is 2. The number of hydrogen-bond donors (Lipinski definition) is 2. The standard InChI is InChI=1S/C18H16FN3O2.C2HF3O2/c19-16-6-3-14(4-7-16)18-15(12-22-24-18)5-8-17(23)21-11-13-2-1-9-20-10-13;3-2(4,5)1(6)7/h1-4,6-7,9-10,12H,5,8,11H2,(H,21,23);(H,6,7).